The molecule has 0 radical (unpaired) electrons. The predicted octanol–water partition coefficient (Wildman–Crippen LogP) is 5.23. The van der Waals surface area contributed by atoms with Crippen LogP contribution in [-0.2, 0) is 13.0 Å². The summed E-state index contributed by atoms with van der Waals surface area (Å²) < 4.78 is 0. The quantitative estimate of drug-likeness (QED) is 0.612. The molecule has 0 N–H and O–H groups in total. The highest BCUT2D eigenvalue weighted by atomic mass is 35.5. The number of fused-ring (bicyclic) bond motifs is 1. The Morgan fingerprint density at radius 2 is 1.71 bits per heavy atom. The molecule has 0 bridgehead atoms. The van der Waals surface area contributed by atoms with Gasteiger partial charge in [-0.1, -0.05) is 53.5 Å². The van der Waals surface area contributed by atoms with Crippen molar-refractivity contribution in [2.75, 3.05) is 52.2 Å². The molecule has 2 aliphatic heterocycles. The van der Waals surface area contributed by atoms with E-state index in [2.05, 4.69) is 72.2 Å². The molecule has 166 valence electrons. The molecular formula is C25H32Cl2N4. The van der Waals surface area contributed by atoms with Gasteiger partial charge in [0.15, 0.2) is 0 Å². The molecule has 31 heavy (non-hydrogen) atoms. The van der Waals surface area contributed by atoms with Gasteiger partial charge in [-0.25, -0.2) is 0 Å². The Hall–Kier alpha value is -1.59. The van der Waals surface area contributed by atoms with Crippen molar-refractivity contribution in [2.45, 2.75) is 25.8 Å². The molecular weight excluding hydrogens is 427 g/mol. The zero-order valence-corrected chi connectivity index (χ0v) is 20.3. The number of likely N-dealkylation sites (tertiary alicyclic amines) is 1. The molecule has 0 atom stereocenters. The highest BCUT2D eigenvalue weighted by molar-refractivity contribution is 6.42. The summed E-state index contributed by atoms with van der Waals surface area (Å²) in [6, 6.07) is 14.7. The van der Waals surface area contributed by atoms with Gasteiger partial charge >= 0.3 is 0 Å². The monoisotopic (exact) mass is 458 g/mol. The maximum atomic E-state index is 6.48. The Morgan fingerprint density at radius 1 is 1.03 bits per heavy atom. The SMILES string of the molecule is CN(C)CCN1C(=NCc2ccccc2)C2(CCN(C)CC2)Cc2cc(Cl)c(Cl)cc21. The van der Waals surface area contributed by atoms with E-state index in [1.807, 2.05) is 6.07 Å². The third-order valence-corrected chi connectivity index (χ3v) is 7.36. The van der Waals surface area contributed by atoms with Crippen LogP contribution in [0.1, 0.15) is 24.0 Å². The number of amidine groups is 1. The first-order valence-corrected chi connectivity index (χ1v) is 11.8. The zero-order chi connectivity index (χ0) is 22.0. The molecule has 2 heterocycles. The molecule has 0 unspecified atom stereocenters. The molecule has 2 aromatic rings. The summed E-state index contributed by atoms with van der Waals surface area (Å²) in [4.78, 5) is 12.4. The average molecular weight is 459 g/mol. The minimum Gasteiger partial charge on any atom is -0.328 e. The first-order chi connectivity index (χ1) is 14.9. The van der Waals surface area contributed by atoms with E-state index in [-0.39, 0.29) is 5.41 Å². The van der Waals surface area contributed by atoms with Crippen molar-refractivity contribution in [2.24, 2.45) is 10.4 Å². The highest BCUT2D eigenvalue weighted by Gasteiger charge is 2.45. The summed E-state index contributed by atoms with van der Waals surface area (Å²) in [5.41, 5.74) is 3.73. The van der Waals surface area contributed by atoms with Gasteiger partial charge in [-0.3, -0.25) is 4.99 Å². The average Bonchev–Trinajstić information content (AvgIpc) is 2.75. The van der Waals surface area contributed by atoms with Crippen molar-refractivity contribution >= 4 is 34.7 Å². The van der Waals surface area contributed by atoms with Crippen molar-refractivity contribution in [1.82, 2.24) is 9.80 Å². The number of benzene rings is 2. The number of hydrogen-bond donors (Lipinski definition) is 0. The Bertz CT molecular complexity index is 934. The molecule has 1 spiro atoms. The van der Waals surface area contributed by atoms with E-state index in [1.165, 1.54) is 17.0 Å². The van der Waals surface area contributed by atoms with Crippen molar-refractivity contribution < 1.29 is 0 Å². The van der Waals surface area contributed by atoms with E-state index in [4.69, 9.17) is 28.2 Å². The van der Waals surface area contributed by atoms with Crippen LogP contribution in [0.2, 0.25) is 10.0 Å². The van der Waals surface area contributed by atoms with Crippen LogP contribution in [0.5, 0.6) is 0 Å². The van der Waals surface area contributed by atoms with Gasteiger partial charge in [-0.05, 0) is 76.8 Å². The van der Waals surface area contributed by atoms with Crippen LogP contribution in [0.4, 0.5) is 5.69 Å². The molecule has 0 aliphatic carbocycles. The van der Waals surface area contributed by atoms with Crippen LogP contribution in [0.3, 0.4) is 0 Å². The fourth-order valence-corrected chi connectivity index (χ4v) is 5.13. The van der Waals surface area contributed by atoms with Crippen LogP contribution in [0.25, 0.3) is 0 Å². The molecule has 4 nitrogen and oxygen atoms in total. The van der Waals surface area contributed by atoms with Gasteiger partial charge in [0.2, 0.25) is 0 Å². The number of hydrogen-bond acceptors (Lipinski definition) is 3. The topological polar surface area (TPSA) is 22.1 Å². The Balaban J connectivity index is 1.80. The minimum atomic E-state index is 0.0394. The molecule has 6 heteroatoms. The van der Waals surface area contributed by atoms with Crippen molar-refractivity contribution in [1.29, 1.82) is 0 Å². The van der Waals surface area contributed by atoms with Crippen molar-refractivity contribution in [3.63, 3.8) is 0 Å². The van der Waals surface area contributed by atoms with Gasteiger partial charge in [-0.2, -0.15) is 0 Å². The van der Waals surface area contributed by atoms with Gasteiger partial charge < -0.3 is 14.7 Å². The predicted molar refractivity (Wildman–Crippen MR) is 133 cm³/mol. The van der Waals surface area contributed by atoms with E-state index >= 15 is 0 Å². The Morgan fingerprint density at radius 3 is 2.39 bits per heavy atom. The molecule has 0 amide bonds. The number of likely N-dealkylation sites (N-methyl/N-ethyl adjacent to an activating group) is 1. The molecule has 1 saturated heterocycles. The zero-order valence-electron chi connectivity index (χ0n) is 18.7. The summed E-state index contributed by atoms with van der Waals surface area (Å²) in [6.45, 7) is 4.69. The van der Waals surface area contributed by atoms with Gasteiger partial charge in [0, 0.05) is 24.2 Å². The molecule has 1 fully saturated rings. The van der Waals surface area contributed by atoms with Gasteiger partial charge in [0.1, 0.15) is 5.84 Å². The minimum absolute atomic E-state index is 0.0394. The number of rotatable bonds is 5. The summed E-state index contributed by atoms with van der Waals surface area (Å²) in [5.74, 6) is 1.22. The van der Waals surface area contributed by atoms with Gasteiger partial charge in [-0.15, -0.1) is 0 Å². The third-order valence-electron chi connectivity index (χ3n) is 6.64. The molecule has 0 aromatic heterocycles. The largest absolute Gasteiger partial charge is 0.328 e. The lowest BCUT2D eigenvalue weighted by Gasteiger charge is -2.49. The molecule has 2 aromatic carbocycles. The second-order valence-electron chi connectivity index (χ2n) is 9.24. The van der Waals surface area contributed by atoms with E-state index in [9.17, 15) is 0 Å². The van der Waals surface area contributed by atoms with Crippen molar-refractivity contribution in [3.05, 3.63) is 63.6 Å². The number of halogens is 2. The second kappa shape index (κ2) is 9.50. The number of anilines is 1. The summed E-state index contributed by atoms with van der Waals surface area (Å²) in [7, 11) is 6.45. The van der Waals surface area contributed by atoms with E-state index in [1.54, 1.807) is 0 Å². The Labute approximate surface area is 196 Å². The highest BCUT2D eigenvalue weighted by Crippen LogP contribution is 2.46. The van der Waals surface area contributed by atoms with Crippen LogP contribution in [0, 0.1) is 5.41 Å². The first-order valence-electron chi connectivity index (χ1n) is 11.1. The maximum absolute atomic E-state index is 6.48. The fourth-order valence-electron chi connectivity index (χ4n) is 4.79. The second-order valence-corrected chi connectivity index (χ2v) is 10.1. The Kier molecular flexibility index (Phi) is 6.92. The molecule has 2 aliphatic rings. The normalized spacial score (nSPS) is 19.9. The van der Waals surface area contributed by atoms with Gasteiger partial charge in [0.05, 0.1) is 16.6 Å². The summed E-state index contributed by atoms with van der Waals surface area (Å²) in [5, 5.41) is 1.25. The van der Waals surface area contributed by atoms with Gasteiger partial charge in [0.25, 0.3) is 0 Å². The van der Waals surface area contributed by atoms with E-state index < -0.39 is 0 Å². The first kappa shape index (κ1) is 22.6. The van der Waals surface area contributed by atoms with Crippen LogP contribution < -0.4 is 4.90 Å². The smallest absolute Gasteiger partial charge is 0.110 e. The number of aliphatic imine (C=N–C) groups is 1. The van der Waals surface area contributed by atoms with E-state index in [0.717, 1.165) is 51.1 Å². The summed E-state index contributed by atoms with van der Waals surface area (Å²) >= 11 is 12.9. The van der Waals surface area contributed by atoms with Crippen LogP contribution in [0.15, 0.2) is 47.5 Å². The fraction of sp³-hybridized carbons (Fsp3) is 0.480. The van der Waals surface area contributed by atoms with Crippen molar-refractivity contribution in [3.8, 4) is 0 Å². The lowest BCUT2D eigenvalue weighted by molar-refractivity contribution is 0.175. The molecule has 4 rings (SSSR count). The lowest BCUT2D eigenvalue weighted by Crippen LogP contribution is -2.55. The third kappa shape index (κ3) is 4.93. The summed E-state index contributed by atoms with van der Waals surface area (Å²) in [6.07, 6.45) is 3.18. The van der Waals surface area contributed by atoms with Crippen LogP contribution >= 0.6 is 23.2 Å². The lowest BCUT2D eigenvalue weighted by atomic mass is 9.69. The van der Waals surface area contributed by atoms with E-state index in [0.29, 0.717) is 16.6 Å². The standard InChI is InChI=1S/C25H32Cl2N4/c1-29(2)13-14-31-23-16-22(27)21(26)15-20(23)17-25(9-11-30(3)12-10-25)24(31)28-18-19-7-5-4-6-8-19/h4-8,15-16H,9-14,17-18H2,1-3H3. The maximum Gasteiger partial charge on any atom is 0.110 e. The van der Waals surface area contributed by atoms with Crippen LogP contribution in [-0.4, -0.2) is 63.0 Å². The number of nitrogens with zero attached hydrogens (tertiary/aromatic N) is 4. The molecule has 0 saturated carbocycles. The number of piperidine rings is 1.